The van der Waals surface area contributed by atoms with E-state index in [-0.39, 0.29) is 23.7 Å². The Kier molecular flexibility index (Phi) is 6.09. The Bertz CT molecular complexity index is 1220. The second kappa shape index (κ2) is 8.97. The van der Waals surface area contributed by atoms with Crippen LogP contribution >= 0.6 is 0 Å². The van der Waals surface area contributed by atoms with Gasteiger partial charge >= 0.3 is 6.18 Å². The molecule has 3 aromatic carbocycles. The maximum absolute atomic E-state index is 13.1. The van der Waals surface area contributed by atoms with Crippen molar-refractivity contribution in [2.75, 3.05) is 11.9 Å². The van der Waals surface area contributed by atoms with Crippen LogP contribution in [0.5, 0.6) is 11.5 Å². The van der Waals surface area contributed by atoms with Gasteiger partial charge in [-0.05, 0) is 60.5 Å². The van der Waals surface area contributed by atoms with Gasteiger partial charge in [0, 0.05) is 16.8 Å². The third-order valence-corrected chi connectivity index (χ3v) is 5.02. The van der Waals surface area contributed by atoms with Crippen LogP contribution in [0.25, 0.3) is 11.6 Å². The molecule has 0 aromatic heterocycles. The fourth-order valence-corrected chi connectivity index (χ4v) is 3.42. The monoisotopic (exact) mass is 457 g/mol. The molecule has 1 amide bonds. The first-order chi connectivity index (χ1) is 15.7. The molecular formula is C25H19F4NO3. The summed E-state index contributed by atoms with van der Waals surface area (Å²) in [6.07, 6.45) is -2.91. The van der Waals surface area contributed by atoms with Gasteiger partial charge in [-0.25, -0.2) is 4.39 Å². The standard InChI is InChI=1S/C25H19F4NO3/c1-2-32-23-12-16(5-10-22(23)33-14-15-3-7-18(26)8-4-15)11-20-19-9-6-17(25(27,28)29)13-21(19)30-24(20)31/h3-13H,2,14H2,1H3,(H,30,31)/b20-11-. The van der Waals surface area contributed by atoms with Crippen LogP contribution in [0.3, 0.4) is 0 Å². The summed E-state index contributed by atoms with van der Waals surface area (Å²) in [6, 6.07) is 14.2. The van der Waals surface area contributed by atoms with E-state index in [0.717, 1.165) is 17.7 Å². The van der Waals surface area contributed by atoms with Crippen LogP contribution in [-0.4, -0.2) is 12.5 Å². The van der Waals surface area contributed by atoms with Crippen molar-refractivity contribution < 1.29 is 31.8 Å². The lowest BCUT2D eigenvalue weighted by atomic mass is 10.0. The van der Waals surface area contributed by atoms with E-state index in [1.807, 2.05) is 6.92 Å². The molecule has 4 nitrogen and oxygen atoms in total. The molecule has 33 heavy (non-hydrogen) atoms. The number of rotatable bonds is 6. The highest BCUT2D eigenvalue weighted by atomic mass is 19.4. The third-order valence-electron chi connectivity index (χ3n) is 5.02. The molecule has 0 unspecified atom stereocenters. The van der Waals surface area contributed by atoms with Gasteiger partial charge < -0.3 is 14.8 Å². The lowest BCUT2D eigenvalue weighted by molar-refractivity contribution is -0.137. The van der Waals surface area contributed by atoms with Crippen molar-refractivity contribution in [2.45, 2.75) is 19.7 Å². The van der Waals surface area contributed by atoms with E-state index in [4.69, 9.17) is 9.47 Å². The maximum Gasteiger partial charge on any atom is 0.416 e. The van der Waals surface area contributed by atoms with Crippen LogP contribution in [0.15, 0.2) is 60.7 Å². The molecule has 0 radical (unpaired) electrons. The van der Waals surface area contributed by atoms with Crippen molar-refractivity contribution >= 4 is 23.2 Å². The summed E-state index contributed by atoms with van der Waals surface area (Å²) in [5, 5.41) is 2.48. The van der Waals surface area contributed by atoms with Crippen molar-refractivity contribution in [3.63, 3.8) is 0 Å². The topological polar surface area (TPSA) is 47.6 Å². The predicted molar refractivity (Wildman–Crippen MR) is 116 cm³/mol. The summed E-state index contributed by atoms with van der Waals surface area (Å²) in [6.45, 7) is 2.39. The van der Waals surface area contributed by atoms with Gasteiger partial charge in [-0.2, -0.15) is 13.2 Å². The highest BCUT2D eigenvalue weighted by Crippen LogP contribution is 2.39. The van der Waals surface area contributed by atoms with Crippen molar-refractivity contribution in [1.82, 2.24) is 0 Å². The molecule has 1 aliphatic rings. The molecule has 0 atom stereocenters. The number of benzene rings is 3. The van der Waals surface area contributed by atoms with Crippen LogP contribution < -0.4 is 14.8 Å². The largest absolute Gasteiger partial charge is 0.490 e. The number of carbonyl (C=O) groups excluding carboxylic acids is 1. The smallest absolute Gasteiger partial charge is 0.416 e. The van der Waals surface area contributed by atoms with Gasteiger partial charge in [-0.15, -0.1) is 0 Å². The molecule has 0 bridgehead atoms. The van der Waals surface area contributed by atoms with Crippen LogP contribution in [0.4, 0.5) is 23.2 Å². The Morgan fingerprint density at radius 1 is 0.939 bits per heavy atom. The van der Waals surface area contributed by atoms with Gasteiger partial charge in [0.15, 0.2) is 11.5 Å². The third kappa shape index (κ3) is 5.00. The molecule has 0 saturated heterocycles. The molecule has 0 aliphatic carbocycles. The zero-order valence-corrected chi connectivity index (χ0v) is 17.5. The van der Waals surface area contributed by atoms with E-state index in [9.17, 15) is 22.4 Å². The molecule has 8 heteroatoms. The Balaban J connectivity index is 1.60. The number of fused-ring (bicyclic) bond motifs is 1. The average molecular weight is 457 g/mol. The van der Waals surface area contributed by atoms with E-state index < -0.39 is 17.6 Å². The lowest BCUT2D eigenvalue weighted by Crippen LogP contribution is -2.06. The minimum Gasteiger partial charge on any atom is -0.490 e. The lowest BCUT2D eigenvalue weighted by Gasteiger charge is -2.13. The Hall–Kier alpha value is -3.81. The number of nitrogens with one attached hydrogen (secondary N) is 1. The van der Waals surface area contributed by atoms with Crippen LogP contribution in [0, 0.1) is 5.82 Å². The first-order valence-corrected chi connectivity index (χ1v) is 10.1. The quantitative estimate of drug-likeness (QED) is 0.348. The SMILES string of the molecule is CCOc1cc(/C=C2\C(=O)Nc3cc(C(F)(F)F)ccc32)ccc1OCc1ccc(F)cc1. The highest BCUT2D eigenvalue weighted by molar-refractivity contribution is 6.34. The predicted octanol–water partition coefficient (Wildman–Crippen LogP) is 6.31. The van der Waals surface area contributed by atoms with Gasteiger partial charge in [-0.3, -0.25) is 4.79 Å². The Morgan fingerprint density at radius 3 is 2.39 bits per heavy atom. The summed E-state index contributed by atoms with van der Waals surface area (Å²) < 4.78 is 63.5. The fourth-order valence-electron chi connectivity index (χ4n) is 3.42. The molecule has 0 spiro atoms. The van der Waals surface area contributed by atoms with Crippen LogP contribution in [-0.2, 0) is 17.6 Å². The summed E-state index contributed by atoms with van der Waals surface area (Å²) in [4.78, 5) is 12.4. The summed E-state index contributed by atoms with van der Waals surface area (Å²) >= 11 is 0. The summed E-state index contributed by atoms with van der Waals surface area (Å²) in [5.74, 6) is 0.0895. The summed E-state index contributed by atoms with van der Waals surface area (Å²) in [7, 11) is 0. The van der Waals surface area contributed by atoms with Crippen molar-refractivity contribution in [1.29, 1.82) is 0 Å². The number of hydrogen-bond acceptors (Lipinski definition) is 3. The molecule has 1 aliphatic heterocycles. The zero-order chi connectivity index (χ0) is 23.6. The minimum atomic E-state index is -4.50. The van der Waals surface area contributed by atoms with E-state index in [1.165, 1.54) is 18.2 Å². The molecule has 3 aromatic rings. The first-order valence-electron chi connectivity index (χ1n) is 10.1. The molecular weight excluding hydrogens is 438 g/mol. The molecule has 0 fully saturated rings. The van der Waals surface area contributed by atoms with Crippen molar-refractivity contribution in [3.05, 3.63) is 88.7 Å². The number of hydrogen-bond donors (Lipinski definition) is 1. The van der Waals surface area contributed by atoms with Crippen molar-refractivity contribution in [2.24, 2.45) is 0 Å². The molecule has 1 N–H and O–H groups in total. The zero-order valence-electron chi connectivity index (χ0n) is 17.5. The van der Waals surface area contributed by atoms with E-state index in [2.05, 4.69) is 5.32 Å². The number of carbonyl (C=O) groups is 1. The van der Waals surface area contributed by atoms with E-state index >= 15 is 0 Å². The number of anilines is 1. The fraction of sp³-hybridized carbons (Fsp3) is 0.160. The van der Waals surface area contributed by atoms with Gasteiger partial charge in [0.05, 0.1) is 12.2 Å². The molecule has 170 valence electrons. The normalized spacial score (nSPS) is 14.2. The molecule has 1 heterocycles. The minimum absolute atomic E-state index is 0.116. The van der Waals surface area contributed by atoms with E-state index in [1.54, 1.807) is 36.4 Å². The second-order valence-corrected chi connectivity index (χ2v) is 7.32. The Morgan fingerprint density at radius 2 is 1.70 bits per heavy atom. The average Bonchev–Trinajstić information content (AvgIpc) is 3.08. The second-order valence-electron chi connectivity index (χ2n) is 7.32. The summed E-state index contributed by atoms with van der Waals surface area (Å²) in [5.41, 5.74) is 1.33. The number of amides is 1. The van der Waals surface area contributed by atoms with Gasteiger partial charge in [0.2, 0.25) is 0 Å². The van der Waals surface area contributed by atoms with Crippen LogP contribution in [0.2, 0.25) is 0 Å². The van der Waals surface area contributed by atoms with Gasteiger partial charge in [0.1, 0.15) is 12.4 Å². The molecule has 4 rings (SSSR count). The number of halogens is 4. The maximum atomic E-state index is 13.1. The Labute approximate surface area is 187 Å². The number of alkyl halides is 3. The van der Waals surface area contributed by atoms with Gasteiger partial charge in [0.25, 0.3) is 5.91 Å². The van der Waals surface area contributed by atoms with Crippen LogP contribution in [0.1, 0.15) is 29.2 Å². The molecule has 0 saturated carbocycles. The van der Waals surface area contributed by atoms with Gasteiger partial charge in [-0.1, -0.05) is 24.3 Å². The first kappa shape index (κ1) is 22.4. The van der Waals surface area contributed by atoms with E-state index in [0.29, 0.717) is 29.2 Å². The number of ether oxygens (including phenoxy) is 2. The highest BCUT2D eigenvalue weighted by Gasteiger charge is 2.33. The van der Waals surface area contributed by atoms with Crippen molar-refractivity contribution in [3.8, 4) is 11.5 Å².